The first-order valence-corrected chi connectivity index (χ1v) is 6.54. The number of carboxylic acid groups (broad SMARTS) is 1. The normalized spacial score (nSPS) is 12.3. The number of fused-ring (bicyclic) bond motifs is 1. The van der Waals surface area contributed by atoms with Crippen LogP contribution in [0.1, 0.15) is 6.92 Å². The molecule has 0 aliphatic rings. The Hall–Kier alpha value is -1.82. The molecule has 19 heavy (non-hydrogen) atoms. The van der Waals surface area contributed by atoms with Crippen LogP contribution in [0.2, 0.25) is 0 Å². The zero-order chi connectivity index (χ0) is 14.0. The van der Waals surface area contributed by atoms with E-state index in [1.165, 1.54) is 6.92 Å². The lowest BCUT2D eigenvalue weighted by atomic mass is 10.2. The van der Waals surface area contributed by atoms with Gasteiger partial charge in [0.25, 0.3) is 0 Å². The summed E-state index contributed by atoms with van der Waals surface area (Å²) in [6, 6.07) is 6.75. The lowest BCUT2D eigenvalue weighted by Gasteiger charge is -2.10. The van der Waals surface area contributed by atoms with Crippen LogP contribution < -0.4 is 5.32 Å². The van der Waals surface area contributed by atoms with Crippen molar-refractivity contribution < 1.29 is 14.7 Å². The molecule has 0 spiro atoms. The van der Waals surface area contributed by atoms with Crippen LogP contribution >= 0.6 is 15.9 Å². The van der Waals surface area contributed by atoms with Crippen molar-refractivity contribution >= 4 is 38.7 Å². The predicted octanol–water partition coefficient (Wildman–Crippen LogP) is 1.99. The smallest absolute Gasteiger partial charge is 0.325 e. The quantitative estimate of drug-likeness (QED) is 0.903. The first-order chi connectivity index (χ1) is 8.99. The molecule has 2 rings (SSSR count). The Morgan fingerprint density at radius 3 is 2.84 bits per heavy atom. The molecule has 1 heterocycles. The molecule has 1 aromatic carbocycles. The Labute approximate surface area is 118 Å². The maximum atomic E-state index is 11.7. The Kier molecular flexibility index (Phi) is 3.90. The maximum Gasteiger partial charge on any atom is 0.325 e. The topological polar surface area (TPSA) is 71.3 Å². The summed E-state index contributed by atoms with van der Waals surface area (Å²) in [5.41, 5.74) is 0.924. The molecule has 100 valence electrons. The number of aliphatic carboxylic acids is 1. The van der Waals surface area contributed by atoms with Crippen molar-refractivity contribution in [3.05, 3.63) is 34.9 Å². The van der Waals surface area contributed by atoms with Gasteiger partial charge >= 0.3 is 5.97 Å². The van der Waals surface area contributed by atoms with E-state index in [2.05, 4.69) is 21.2 Å². The highest BCUT2D eigenvalue weighted by atomic mass is 79.9. The first-order valence-electron chi connectivity index (χ1n) is 5.74. The van der Waals surface area contributed by atoms with Gasteiger partial charge in [0.2, 0.25) is 5.91 Å². The van der Waals surface area contributed by atoms with Crippen LogP contribution in [0.5, 0.6) is 0 Å². The molecule has 5 nitrogen and oxygen atoms in total. The number of aromatic nitrogens is 1. The molecule has 0 saturated heterocycles. The number of rotatable bonds is 4. The van der Waals surface area contributed by atoms with Gasteiger partial charge in [-0.05, 0) is 25.1 Å². The van der Waals surface area contributed by atoms with Crippen molar-refractivity contribution in [1.29, 1.82) is 0 Å². The summed E-state index contributed by atoms with van der Waals surface area (Å²) in [6.45, 7) is 1.53. The molecule has 0 aliphatic heterocycles. The number of carbonyl (C=O) groups is 2. The number of amides is 1. The van der Waals surface area contributed by atoms with Crippen LogP contribution in [0.15, 0.2) is 34.9 Å². The molecule has 2 N–H and O–H groups in total. The molecule has 0 aliphatic carbocycles. The number of carbonyl (C=O) groups excluding carboxylic acids is 1. The highest BCUT2D eigenvalue weighted by Gasteiger charge is 2.14. The largest absolute Gasteiger partial charge is 0.480 e. The SMILES string of the molecule is C[C@H](NC(=O)Cn1ccc2c(Br)cccc21)C(=O)O. The lowest BCUT2D eigenvalue weighted by Crippen LogP contribution is -2.39. The van der Waals surface area contributed by atoms with Gasteiger partial charge in [-0.2, -0.15) is 0 Å². The fourth-order valence-corrected chi connectivity index (χ4v) is 2.32. The van der Waals surface area contributed by atoms with E-state index in [0.717, 1.165) is 15.4 Å². The minimum Gasteiger partial charge on any atom is -0.480 e. The third-order valence-electron chi connectivity index (χ3n) is 2.82. The van der Waals surface area contributed by atoms with Gasteiger partial charge in [0, 0.05) is 21.6 Å². The van der Waals surface area contributed by atoms with Gasteiger partial charge in [-0.3, -0.25) is 9.59 Å². The minimum absolute atomic E-state index is 0.0948. The van der Waals surface area contributed by atoms with Crippen LogP contribution in [-0.4, -0.2) is 27.6 Å². The molecule has 0 saturated carbocycles. The number of carboxylic acids is 1. The van der Waals surface area contributed by atoms with Crippen molar-refractivity contribution in [3.63, 3.8) is 0 Å². The average molecular weight is 325 g/mol. The number of hydrogen-bond acceptors (Lipinski definition) is 2. The second-order valence-electron chi connectivity index (χ2n) is 4.24. The van der Waals surface area contributed by atoms with Crippen molar-refractivity contribution in [2.24, 2.45) is 0 Å². The molecular formula is C13H13BrN2O3. The van der Waals surface area contributed by atoms with Gasteiger partial charge < -0.3 is 15.0 Å². The summed E-state index contributed by atoms with van der Waals surface area (Å²) in [5, 5.41) is 12.2. The van der Waals surface area contributed by atoms with Crippen molar-refractivity contribution in [3.8, 4) is 0 Å². The molecule has 1 aromatic heterocycles. The zero-order valence-corrected chi connectivity index (χ0v) is 11.8. The summed E-state index contributed by atoms with van der Waals surface area (Å²) in [4.78, 5) is 22.4. The summed E-state index contributed by atoms with van der Waals surface area (Å²) in [7, 11) is 0. The van der Waals surface area contributed by atoms with E-state index in [1.54, 1.807) is 10.8 Å². The van der Waals surface area contributed by atoms with E-state index < -0.39 is 12.0 Å². The van der Waals surface area contributed by atoms with Gasteiger partial charge in [0.15, 0.2) is 0 Å². The third kappa shape index (κ3) is 2.96. The van der Waals surface area contributed by atoms with Gasteiger partial charge in [-0.1, -0.05) is 22.0 Å². The van der Waals surface area contributed by atoms with Crippen LogP contribution in [0, 0.1) is 0 Å². The van der Waals surface area contributed by atoms with Gasteiger partial charge in [-0.25, -0.2) is 0 Å². The highest BCUT2D eigenvalue weighted by molar-refractivity contribution is 9.10. The number of halogens is 1. The van der Waals surface area contributed by atoms with E-state index in [9.17, 15) is 9.59 Å². The van der Waals surface area contributed by atoms with Crippen LogP contribution in [0.3, 0.4) is 0 Å². The second kappa shape index (κ2) is 5.44. The fourth-order valence-electron chi connectivity index (χ4n) is 1.83. The van der Waals surface area contributed by atoms with Gasteiger partial charge in [0.05, 0.1) is 0 Å². The highest BCUT2D eigenvalue weighted by Crippen LogP contribution is 2.24. The predicted molar refractivity (Wildman–Crippen MR) is 74.9 cm³/mol. The Bertz CT molecular complexity index is 636. The summed E-state index contributed by atoms with van der Waals surface area (Å²) < 4.78 is 2.74. The number of benzene rings is 1. The molecule has 2 aromatic rings. The number of hydrogen-bond donors (Lipinski definition) is 2. The van der Waals surface area contributed by atoms with Crippen LogP contribution in [0.25, 0.3) is 10.9 Å². The summed E-state index contributed by atoms with van der Waals surface area (Å²) in [5.74, 6) is -1.37. The van der Waals surface area contributed by atoms with Crippen molar-refractivity contribution in [2.45, 2.75) is 19.5 Å². The molecule has 0 bridgehead atoms. The Morgan fingerprint density at radius 1 is 1.42 bits per heavy atom. The standard InChI is InChI=1S/C13H13BrN2O3/c1-8(13(18)19)15-12(17)7-16-6-5-9-10(14)3-2-4-11(9)16/h2-6,8H,7H2,1H3,(H,15,17)(H,18,19)/t8-/m0/s1. The molecule has 1 atom stereocenters. The van der Waals surface area contributed by atoms with E-state index >= 15 is 0 Å². The molecule has 0 fully saturated rings. The molecular weight excluding hydrogens is 312 g/mol. The van der Waals surface area contributed by atoms with Gasteiger partial charge in [-0.15, -0.1) is 0 Å². The monoisotopic (exact) mass is 324 g/mol. The van der Waals surface area contributed by atoms with Crippen molar-refractivity contribution in [1.82, 2.24) is 9.88 Å². The third-order valence-corrected chi connectivity index (χ3v) is 3.51. The molecule has 6 heteroatoms. The zero-order valence-electron chi connectivity index (χ0n) is 10.3. The van der Waals surface area contributed by atoms with Crippen molar-refractivity contribution in [2.75, 3.05) is 0 Å². The second-order valence-corrected chi connectivity index (χ2v) is 5.10. The minimum atomic E-state index is -1.05. The number of nitrogens with zero attached hydrogens (tertiary/aromatic N) is 1. The Balaban J connectivity index is 2.16. The fraction of sp³-hybridized carbons (Fsp3) is 0.231. The van der Waals surface area contributed by atoms with Crippen LogP contribution in [-0.2, 0) is 16.1 Å². The van der Waals surface area contributed by atoms with E-state index in [-0.39, 0.29) is 12.5 Å². The summed E-state index contributed by atoms with van der Waals surface area (Å²) in [6.07, 6.45) is 1.81. The van der Waals surface area contributed by atoms with Crippen LogP contribution in [0.4, 0.5) is 0 Å². The van der Waals surface area contributed by atoms with E-state index in [0.29, 0.717) is 0 Å². The molecule has 0 unspecified atom stereocenters. The maximum absolute atomic E-state index is 11.7. The first kappa shape index (κ1) is 13.6. The summed E-state index contributed by atoms with van der Waals surface area (Å²) >= 11 is 3.44. The molecule has 0 radical (unpaired) electrons. The lowest BCUT2D eigenvalue weighted by molar-refractivity contribution is -0.141. The average Bonchev–Trinajstić information content (AvgIpc) is 2.73. The molecule has 1 amide bonds. The van der Waals surface area contributed by atoms with E-state index in [1.807, 2.05) is 24.3 Å². The van der Waals surface area contributed by atoms with E-state index in [4.69, 9.17) is 5.11 Å². The Morgan fingerprint density at radius 2 is 2.16 bits per heavy atom. The number of nitrogens with one attached hydrogen (secondary N) is 1. The van der Waals surface area contributed by atoms with Gasteiger partial charge in [0.1, 0.15) is 12.6 Å².